The molecule has 2 rings (SSSR count). The van der Waals surface area contributed by atoms with Crippen molar-refractivity contribution in [3.63, 3.8) is 0 Å². The van der Waals surface area contributed by atoms with Crippen LogP contribution < -0.4 is 0 Å². The molecular formula is C11H21NO. The molecule has 1 heterocycles. The zero-order valence-corrected chi connectivity index (χ0v) is 8.79. The molecule has 2 nitrogen and oxygen atoms in total. The van der Waals surface area contributed by atoms with Gasteiger partial charge in [-0.05, 0) is 45.1 Å². The molecule has 2 atom stereocenters. The van der Waals surface area contributed by atoms with E-state index in [-0.39, 0.29) is 5.60 Å². The number of rotatable bonds is 3. The maximum absolute atomic E-state index is 9.71. The molecule has 13 heavy (non-hydrogen) atoms. The van der Waals surface area contributed by atoms with Gasteiger partial charge in [-0.1, -0.05) is 6.92 Å². The van der Waals surface area contributed by atoms with Crippen molar-refractivity contribution in [2.45, 2.75) is 51.2 Å². The summed E-state index contributed by atoms with van der Waals surface area (Å²) in [6, 6.07) is 0.724. The van der Waals surface area contributed by atoms with Crippen molar-refractivity contribution < 1.29 is 5.11 Å². The minimum atomic E-state index is -0.258. The molecule has 76 valence electrons. The Labute approximate surface area is 80.9 Å². The predicted octanol–water partition coefficient (Wildman–Crippen LogP) is 1.63. The molecule has 2 unspecified atom stereocenters. The average molecular weight is 183 g/mol. The van der Waals surface area contributed by atoms with Gasteiger partial charge in [0.2, 0.25) is 0 Å². The third kappa shape index (κ3) is 2.05. The van der Waals surface area contributed by atoms with Crippen LogP contribution in [-0.2, 0) is 0 Å². The van der Waals surface area contributed by atoms with Gasteiger partial charge in [0.1, 0.15) is 0 Å². The summed E-state index contributed by atoms with van der Waals surface area (Å²) in [4.78, 5) is 2.53. The van der Waals surface area contributed by atoms with Crippen LogP contribution in [-0.4, -0.2) is 34.7 Å². The van der Waals surface area contributed by atoms with E-state index in [0.717, 1.165) is 37.8 Å². The lowest BCUT2D eigenvalue weighted by Crippen LogP contribution is -2.32. The third-order valence-electron chi connectivity index (χ3n) is 3.96. The van der Waals surface area contributed by atoms with Crippen LogP contribution in [0.3, 0.4) is 0 Å². The fraction of sp³-hybridized carbons (Fsp3) is 1.00. The smallest absolute Gasteiger partial charge is 0.0662 e. The average Bonchev–Trinajstić information content (AvgIpc) is 2.75. The van der Waals surface area contributed by atoms with Gasteiger partial charge in [0.25, 0.3) is 0 Å². The summed E-state index contributed by atoms with van der Waals surface area (Å²) in [5.74, 6) is 0.842. The Morgan fingerprint density at radius 2 is 2.08 bits per heavy atom. The van der Waals surface area contributed by atoms with Gasteiger partial charge in [-0.15, -0.1) is 0 Å². The molecule has 1 aliphatic heterocycles. The summed E-state index contributed by atoms with van der Waals surface area (Å²) in [6.07, 6.45) is 4.39. The van der Waals surface area contributed by atoms with Gasteiger partial charge in [-0.3, -0.25) is 0 Å². The van der Waals surface area contributed by atoms with Crippen LogP contribution in [0.4, 0.5) is 0 Å². The van der Waals surface area contributed by atoms with E-state index in [4.69, 9.17) is 0 Å². The SMILES string of the molecule is CC1CCN(CCC2(O)CC2)C1C. The molecule has 0 aromatic rings. The number of hydrogen-bond donors (Lipinski definition) is 1. The molecule has 1 N–H and O–H groups in total. The van der Waals surface area contributed by atoms with E-state index in [9.17, 15) is 5.11 Å². The standard InChI is InChI=1S/C11H21NO/c1-9-3-7-12(10(9)2)8-6-11(13)4-5-11/h9-10,13H,3-8H2,1-2H3. The zero-order valence-electron chi connectivity index (χ0n) is 8.79. The van der Waals surface area contributed by atoms with Gasteiger partial charge in [0.15, 0.2) is 0 Å². The van der Waals surface area contributed by atoms with Crippen molar-refractivity contribution in [3.05, 3.63) is 0 Å². The van der Waals surface area contributed by atoms with E-state index in [1.165, 1.54) is 13.0 Å². The lowest BCUT2D eigenvalue weighted by atomic mass is 10.1. The first-order valence-corrected chi connectivity index (χ1v) is 5.57. The van der Waals surface area contributed by atoms with Gasteiger partial charge in [0, 0.05) is 12.6 Å². The highest BCUT2D eigenvalue weighted by Crippen LogP contribution is 2.39. The van der Waals surface area contributed by atoms with E-state index in [0.29, 0.717) is 0 Å². The molecule has 0 bridgehead atoms. The van der Waals surface area contributed by atoms with Crippen molar-refractivity contribution >= 4 is 0 Å². The molecule has 0 amide bonds. The molecule has 0 aromatic carbocycles. The van der Waals surface area contributed by atoms with Crippen LogP contribution in [0, 0.1) is 5.92 Å². The van der Waals surface area contributed by atoms with Crippen LogP contribution in [0.25, 0.3) is 0 Å². The number of hydrogen-bond acceptors (Lipinski definition) is 2. The maximum Gasteiger partial charge on any atom is 0.0662 e. The Bertz CT molecular complexity index is 189. The molecule has 1 aliphatic carbocycles. The highest BCUT2D eigenvalue weighted by molar-refractivity contribution is 4.94. The van der Waals surface area contributed by atoms with Gasteiger partial charge in [-0.25, -0.2) is 0 Å². The Morgan fingerprint density at radius 1 is 1.38 bits per heavy atom. The normalized spacial score (nSPS) is 38.1. The molecule has 2 heteroatoms. The van der Waals surface area contributed by atoms with Crippen molar-refractivity contribution in [3.8, 4) is 0 Å². The first kappa shape index (κ1) is 9.47. The van der Waals surface area contributed by atoms with Crippen LogP contribution >= 0.6 is 0 Å². The molecule has 0 spiro atoms. The molecule has 0 aromatic heterocycles. The fourth-order valence-corrected chi connectivity index (χ4v) is 2.24. The minimum absolute atomic E-state index is 0.258. The van der Waals surface area contributed by atoms with Crippen LogP contribution in [0.2, 0.25) is 0 Å². The molecule has 2 fully saturated rings. The van der Waals surface area contributed by atoms with Gasteiger partial charge >= 0.3 is 0 Å². The van der Waals surface area contributed by atoms with Gasteiger partial charge in [-0.2, -0.15) is 0 Å². The number of nitrogens with zero attached hydrogens (tertiary/aromatic N) is 1. The van der Waals surface area contributed by atoms with E-state index >= 15 is 0 Å². The molecule has 1 saturated heterocycles. The Hall–Kier alpha value is -0.0800. The van der Waals surface area contributed by atoms with E-state index < -0.39 is 0 Å². The lowest BCUT2D eigenvalue weighted by molar-refractivity contribution is 0.115. The first-order chi connectivity index (χ1) is 6.11. The van der Waals surface area contributed by atoms with Gasteiger partial charge < -0.3 is 10.0 Å². The summed E-state index contributed by atoms with van der Waals surface area (Å²) in [7, 11) is 0. The lowest BCUT2D eigenvalue weighted by Gasteiger charge is -2.24. The quantitative estimate of drug-likeness (QED) is 0.719. The summed E-state index contributed by atoms with van der Waals surface area (Å²) in [5, 5.41) is 9.71. The monoisotopic (exact) mass is 183 g/mol. The maximum atomic E-state index is 9.71. The van der Waals surface area contributed by atoms with Crippen molar-refractivity contribution in [2.24, 2.45) is 5.92 Å². The molecule has 0 radical (unpaired) electrons. The minimum Gasteiger partial charge on any atom is -0.390 e. The second-order valence-electron chi connectivity index (χ2n) is 5.02. The van der Waals surface area contributed by atoms with Crippen LogP contribution in [0.15, 0.2) is 0 Å². The Morgan fingerprint density at radius 3 is 2.54 bits per heavy atom. The van der Waals surface area contributed by atoms with Crippen molar-refractivity contribution in [2.75, 3.05) is 13.1 Å². The molecule has 1 saturated carbocycles. The summed E-state index contributed by atoms with van der Waals surface area (Å²) in [6.45, 7) is 6.98. The number of aliphatic hydroxyl groups is 1. The number of likely N-dealkylation sites (tertiary alicyclic amines) is 1. The summed E-state index contributed by atoms with van der Waals surface area (Å²) >= 11 is 0. The highest BCUT2D eigenvalue weighted by Gasteiger charge is 2.40. The zero-order chi connectivity index (χ0) is 9.47. The van der Waals surface area contributed by atoms with E-state index in [2.05, 4.69) is 18.7 Å². The predicted molar refractivity (Wildman–Crippen MR) is 53.6 cm³/mol. The molecular weight excluding hydrogens is 162 g/mol. The third-order valence-corrected chi connectivity index (χ3v) is 3.96. The summed E-state index contributed by atoms with van der Waals surface area (Å²) in [5.41, 5.74) is -0.258. The van der Waals surface area contributed by atoms with Crippen molar-refractivity contribution in [1.29, 1.82) is 0 Å². The largest absolute Gasteiger partial charge is 0.390 e. The van der Waals surface area contributed by atoms with Crippen LogP contribution in [0.1, 0.15) is 39.5 Å². The van der Waals surface area contributed by atoms with Crippen molar-refractivity contribution in [1.82, 2.24) is 4.90 Å². The second kappa shape index (κ2) is 3.25. The second-order valence-corrected chi connectivity index (χ2v) is 5.02. The molecule has 2 aliphatic rings. The Balaban J connectivity index is 1.75. The first-order valence-electron chi connectivity index (χ1n) is 5.57. The summed E-state index contributed by atoms with van der Waals surface area (Å²) < 4.78 is 0. The topological polar surface area (TPSA) is 23.5 Å². The highest BCUT2D eigenvalue weighted by atomic mass is 16.3. The van der Waals surface area contributed by atoms with Crippen LogP contribution in [0.5, 0.6) is 0 Å². The van der Waals surface area contributed by atoms with Gasteiger partial charge in [0.05, 0.1) is 5.60 Å². The fourth-order valence-electron chi connectivity index (χ4n) is 2.24. The Kier molecular flexibility index (Phi) is 2.37. The van der Waals surface area contributed by atoms with E-state index in [1.54, 1.807) is 0 Å². The van der Waals surface area contributed by atoms with E-state index in [1.807, 2.05) is 0 Å².